The predicted octanol–water partition coefficient (Wildman–Crippen LogP) is 1.02. The van der Waals surface area contributed by atoms with Crippen LogP contribution in [0.3, 0.4) is 0 Å². The fourth-order valence-corrected chi connectivity index (χ4v) is 3.03. The van der Waals surface area contributed by atoms with Crippen LogP contribution in [0.25, 0.3) is 0 Å². The van der Waals surface area contributed by atoms with Gasteiger partial charge in [0.25, 0.3) is 11.8 Å². The van der Waals surface area contributed by atoms with Crippen molar-refractivity contribution < 1.29 is 9.59 Å². The minimum absolute atomic E-state index is 0.195. The Hall–Kier alpha value is -3.10. The lowest BCUT2D eigenvalue weighted by Gasteiger charge is -2.13. The van der Waals surface area contributed by atoms with Crippen molar-refractivity contribution in [3.05, 3.63) is 58.7 Å². The number of hydrogen-bond donors (Lipinski definition) is 4. The molecule has 0 spiro atoms. The monoisotopic (exact) mass is 426 g/mol. The first-order chi connectivity index (χ1) is 14.7. The molecule has 2 rings (SSSR count). The Morgan fingerprint density at radius 3 is 1.48 bits per heavy atom. The molecule has 0 aliphatic rings. The third kappa shape index (κ3) is 7.58. The summed E-state index contributed by atoms with van der Waals surface area (Å²) in [6, 6.07) is 10.9. The SMILES string of the molecule is CN(C)CCNC(=O)c1cc(Cc2ccc(N)c(C(=O)NCCN(C)C)c2)ccc1N. The molecule has 0 saturated heterocycles. The number of amides is 2. The summed E-state index contributed by atoms with van der Waals surface area (Å²) in [5.74, 6) is -0.390. The van der Waals surface area contributed by atoms with E-state index in [1.807, 2.05) is 50.1 Å². The van der Waals surface area contributed by atoms with E-state index < -0.39 is 0 Å². The van der Waals surface area contributed by atoms with E-state index in [0.29, 0.717) is 42.0 Å². The first kappa shape index (κ1) is 24.2. The summed E-state index contributed by atoms with van der Waals surface area (Å²) in [7, 11) is 7.80. The van der Waals surface area contributed by atoms with Crippen LogP contribution in [0.2, 0.25) is 0 Å². The maximum Gasteiger partial charge on any atom is 0.253 e. The Balaban J connectivity index is 2.12. The van der Waals surface area contributed by atoms with Crippen LogP contribution in [0.4, 0.5) is 11.4 Å². The van der Waals surface area contributed by atoms with E-state index in [1.54, 1.807) is 24.3 Å². The molecule has 0 aliphatic carbocycles. The lowest BCUT2D eigenvalue weighted by molar-refractivity contribution is 0.0943. The molecular weight excluding hydrogens is 392 g/mol. The zero-order valence-electron chi connectivity index (χ0n) is 18.9. The fraction of sp³-hybridized carbons (Fsp3) is 0.391. The van der Waals surface area contributed by atoms with Gasteiger partial charge in [0.2, 0.25) is 0 Å². The Bertz CT molecular complexity index is 837. The van der Waals surface area contributed by atoms with E-state index in [1.165, 1.54) is 0 Å². The van der Waals surface area contributed by atoms with E-state index in [2.05, 4.69) is 10.6 Å². The summed E-state index contributed by atoms with van der Waals surface area (Å²) in [6.45, 7) is 2.58. The van der Waals surface area contributed by atoms with E-state index in [4.69, 9.17) is 11.5 Å². The average Bonchev–Trinajstić information content (AvgIpc) is 2.70. The molecule has 6 N–H and O–H groups in total. The van der Waals surface area contributed by atoms with E-state index in [9.17, 15) is 9.59 Å². The third-order valence-electron chi connectivity index (χ3n) is 4.82. The highest BCUT2D eigenvalue weighted by molar-refractivity contribution is 6.00. The van der Waals surface area contributed by atoms with Crippen molar-refractivity contribution in [2.75, 3.05) is 65.8 Å². The highest BCUT2D eigenvalue weighted by atomic mass is 16.2. The molecule has 0 aromatic heterocycles. The van der Waals surface area contributed by atoms with Crippen molar-refractivity contribution in [1.82, 2.24) is 20.4 Å². The van der Waals surface area contributed by atoms with Crippen LogP contribution in [0, 0.1) is 0 Å². The lowest BCUT2D eigenvalue weighted by Crippen LogP contribution is -2.31. The van der Waals surface area contributed by atoms with Gasteiger partial charge < -0.3 is 31.9 Å². The van der Waals surface area contributed by atoms with E-state index >= 15 is 0 Å². The minimum Gasteiger partial charge on any atom is -0.398 e. The molecule has 2 amide bonds. The molecule has 31 heavy (non-hydrogen) atoms. The molecule has 0 heterocycles. The number of likely N-dealkylation sites (N-methyl/N-ethyl adjacent to an activating group) is 2. The second-order valence-corrected chi connectivity index (χ2v) is 8.14. The van der Waals surface area contributed by atoms with Crippen molar-refractivity contribution in [2.24, 2.45) is 0 Å². The van der Waals surface area contributed by atoms with Gasteiger partial charge in [0, 0.05) is 37.6 Å². The molecule has 2 aromatic rings. The van der Waals surface area contributed by atoms with Gasteiger partial charge in [0.15, 0.2) is 0 Å². The topological polar surface area (TPSA) is 117 Å². The van der Waals surface area contributed by atoms with Gasteiger partial charge in [-0.2, -0.15) is 0 Å². The lowest BCUT2D eigenvalue weighted by atomic mass is 9.99. The number of carbonyl (C=O) groups excluding carboxylic acids is 2. The zero-order valence-corrected chi connectivity index (χ0v) is 18.9. The van der Waals surface area contributed by atoms with Crippen LogP contribution in [0.1, 0.15) is 31.8 Å². The van der Waals surface area contributed by atoms with Crippen LogP contribution in [-0.4, -0.2) is 76.0 Å². The molecule has 0 aliphatic heterocycles. The van der Waals surface area contributed by atoms with Crippen molar-refractivity contribution >= 4 is 23.2 Å². The molecule has 8 nitrogen and oxygen atoms in total. The summed E-state index contributed by atoms with van der Waals surface area (Å²) in [5.41, 5.74) is 15.7. The first-order valence-electron chi connectivity index (χ1n) is 10.3. The van der Waals surface area contributed by atoms with Gasteiger partial charge >= 0.3 is 0 Å². The number of anilines is 2. The number of nitrogens with one attached hydrogen (secondary N) is 2. The second kappa shape index (κ2) is 11.3. The van der Waals surface area contributed by atoms with Gasteiger partial charge in [-0.1, -0.05) is 12.1 Å². The summed E-state index contributed by atoms with van der Waals surface area (Å²) < 4.78 is 0. The largest absolute Gasteiger partial charge is 0.398 e. The van der Waals surface area contributed by atoms with Crippen molar-refractivity contribution in [3.8, 4) is 0 Å². The molecule has 0 atom stereocenters. The average molecular weight is 427 g/mol. The molecule has 8 heteroatoms. The summed E-state index contributed by atoms with van der Waals surface area (Å²) in [4.78, 5) is 29.0. The molecule has 168 valence electrons. The molecule has 0 radical (unpaired) electrons. The van der Waals surface area contributed by atoms with Crippen molar-refractivity contribution in [2.45, 2.75) is 6.42 Å². The van der Waals surface area contributed by atoms with Gasteiger partial charge in [-0.3, -0.25) is 9.59 Å². The Morgan fingerprint density at radius 1 is 0.742 bits per heavy atom. The minimum atomic E-state index is -0.195. The number of nitrogen functional groups attached to an aromatic ring is 2. The highest BCUT2D eigenvalue weighted by Gasteiger charge is 2.13. The van der Waals surface area contributed by atoms with Crippen molar-refractivity contribution in [3.63, 3.8) is 0 Å². The zero-order chi connectivity index (χ0) is 23.0. The van der Waals surface area contributed by atoms with E-state index in [-0.39, 0.29) is 11.8 Å². The van der Waals surface area contributed by atoms with Gasteiger partial charge in [-0.15, -0.1) is 0 Å². The molecule has 0 saturated carbocycles. The van der Waals surface area contributed by atoms with Crippen LogP contribution in [0.5, 0.6) is 0 Å². The summed E-state index contributed by atoms with van der Waals surface area (Å²) in [6.07, 6.45) is 0.552. The smallest absolute Gasteiger partial charge is 0.253 e. The van der Waals surface area contributed by atoms with Crippen LogP contribution in [-0.2, 0) is 6.42 Å². The van der Waals surface area contributed by atoms with Crippen LogP contribution >= 0.6 is 0 Å². The number of rotatable bonds is 10. The molecular formula is C23H34N6O2. The highest BCUT2D eigenvalue weighted by Crippen LogP contribution is 2.20. The molecule has 0 bridgehead atoms. The fourth-order valence-electron chi connectivity index (χ4n) is 3.03. The van der Waals surface area contributed by atoms with Crippen LogP contribution in [0.15, 0.2) is 36.4 Å². The van der Waals surface area contributed by atoms with Gasteiger partial charge in [-0.25, -0.2) is 0 Å². The van der Waals surface area contributed by atoms with Gasteiger partial charge in [0.05, 0.1) is 11.1 Å². The maximum atomic E-state index is 12.5. The number of carbonyl (C=O) groups is 2. The van der Waals surface area contributed by atoms with Gasteiger partial charge in [0.1, 0.15) is 0 Å². The number of nitrogens with zero attached hydrogens (tertiary/aromatic N) is 2. The van der Waals surface area contributed by atoms with Crippen LogP contribution < -0.4 is 22.1 Å². The van der Waals surface area contributed by atoms with Crippen molar-refractivity contribution in [1.29, 1.82) is 0 Å². The normalized spacial score (nSPS) is 11.0. The quantitative estimate of drug-likeness (QED) is 0.422. The number of benzene rings is 2. The molecule has 2 aromatic carbocycles. The Labute approximate surface area is 184 Å². The number of hydrogen-bond acceptors (Lipinski definition) is 6. The molecule has 0 unspecified atom stereocenters. The summed E-state index contributed by atoms with van der Waals surface area (Å²) in [5, 5.41) is 5.78. The maximum absolute atomic E-state index is 12.5. The molecule has 0 fully saturated rings. The first-order valence-corrected chi connectivity index (χ1v) is 10.3. The Morgan fingerprint density at radius 2 is 1.13 bits per heavy atom. The Kier molecular flexibility index (Phi) is 8.84. The third-order valence-corrected chi connectivity index (χ3v) is 4.82. The summed E-state index contributed by atoms with van der Waals surface area (Å²) >= 11 is 0. The second-order valence-electron chi connectivity index (χ2n) is 8.14. The standard InChI is InChI=1S/C23H34N6O2/c1-28(2)11-9-26-22(30)18-14-16(5-7-20(18)24)13-17-6-8-21(25)19(15-17)23(31)27-10-12-29(3)4/h5-8,14-15H,9-13,24-25H2,1-4H3,(H,26,30)(H,27,31). The predicted molar refractivity (Wildman–Crippen MR) is 126 cm³/mol. The van der Waals surface area contributed by atoms with E-state index in [0.717, 1.165) is 24.2 Å². The van der Waals surface area contributed by atoms with Gasteiger partial charge in [-0.05, 0) is 70.0 Å². The number of nitrogens with two attached hydrogens (primary N) is 2.